The second-order valence-electron chi connectivity index (χ2n) is 8.52. The average Bonchev–Trinajstić information content (AvgIpc) is 3.28. The Labute approximate surface area is 195 Å². The van der Waals surface area contributed by atoms with E-state index in [4.69, 9.17) is 19.3 Å². The Balaban J connectivity index is 1.67. The number of ether oxygens (including phenoxy) is 3. The number of hydrogen-bond donors (Lipinski definition) is 2. The van der Waals surface area contributed by atoms with E-state index in [1.54, 1.807) is 0 Å². The van der Waals surface area contributed by atoms with Crippen LogP contribution < -0.4 is 15.5 Å². The average molecular weight is 452 g/mol. The largest absolute Gasteiger partial charge is 0.494 e. The highest BCUT2D eigenvalue weighted by Crippen LogP contribution is 2.26. The van der Waals surface area contributed by atoms with E-state index in [1.807, 2.05) is 30.3 Å². The van der Waals surface area contributed by atoms with Gasteiger partial charge in [0.05, 0.1) is 18.9 Å². The molecule has 2 atom stereocenters. The molecule has 2 aliphatic rings. The minimum Gasteiger partial charge on any atom is -0.494 e. The number of nitrogens with zero attached hydrogens (tertiary/aromatic N) is 1. The van der Waals surface area contributed by atoms with Gasteiger partial charge in [0, 0.05) is 17.7 Å². The van der Waals surface area contributed by atoms with E-state index in [-0.39, 0.29) is 18.4 Å². The highest BCUT2D eigenvalue weighted by molar-refractivity contribution is 6.13. The summed E-state index contributed by atoms with van der Waals surface area (Å²) < 4.78 is 17.2. The SMILES string of the molecule is CCCCOc1ccc(C)c(/C(=N\NC2CCCCO2)c2cccc(C3CNC(=O)O3)c2)c1. The minimum absolute atomic E-state index is 0.0961. The fourth-order valence-corrected chi connectivity index (χ4v) is 4.00. The van der Waals surface area contributed by atoms with Crippen LogP contribution in [0.2, 0.25) is 0 Å². The quantitative estimate of drug-likeness (QED) is 0.324. The van der Waals surface area contributed by atoms with Crippen LogP contribution in [0.1, 0.15) is 67.4 Å². The number of hydrogen-bond acceptors (Lipinski definition) is 6. The predicted octanol–water partition coefficient (Wildman–Crippen LogP) is 4.82. The molecular weight excluding hydrogens is 418 g/mol. The van der Waals surface area contributed by atoms with Gasteiger partial charge in [-0.05, 0) is 61.9 Å². The molecule has 2 saturated heterocycles. The molecule has 1 amide bonds. The number of aryl methyl sites for hydroxylation is 1. The summed E-state index contributed by atoms with van der Waals surface area (Å²) >= 11 is 0. The van der Waals surface area contributed by atoms with Gasteiger partial charge in [-0.3, -0.25) is 5.43 Å². The van der Waals surface area contributed by atoms with Crippen LogP contribution in [-0.4, -0.2) is 37.8 Å². The number of hydrazone groups is 1. The van der Waals surface area contributed by atoms with Gasteiger partial charge in [-0.15, -0.1) is 0 Å². The van der Waals surface area contributed by atoms with Crippen molar-refractivity contribution >= 4 is 11.8 Å². The summed E-state index contributed by atoms with van der Waals surface area (Å²) in [7, 11) is 0. The van der Waals surface area contributed by atoms with E-state index in [1.165, 1.54) is 0 Å². The fourth-order valence-electron chi connectivity index (χ4n) is 4.00. The number of rotatable bonds is 9. The molecule has 2 heterocycles. The lowest BCUT2D eigenvalue weighted by molar-refractivity contribution is -0.00448. The first-order valence-electron chi connectivity index (χ1n) is 11.9. The Morgan fingerprint density at radius 3 is 2.91 bits per heavy atom. The number of amides is 1. The Morgan fingerprint density at radius 2 is 2.15 bits per heavy atom. The van der Waals surface area contributed by atoms with Gasteiger partial charge >= 0.3 is 6.09 Å². The van der Waals surface area contributed by atoms with E-state index < -0.39 is 0 Å². The van der Waals surface area contributed by atoms with Gasteiger partial charge < -0.3 is 19.5 Å². The molecule has 0 spiro atoms. The number of nitrogens with one attached hydrogen (secondary N) is 2. The molecular formula is C26H33N3O4. The summed E-state index contributed by atoms with van der Waals surface area (Å²) in [5.74, 6) is 0.829. The highest BCUT2D eigenvalue weighted by atomic mass is 16.6. The predicted molar refractivity (Wildman–Crippen MR) is 128 cm³/mol. The van der Waals surface area contributed by atoms with E-state index in [9.17, 15) is 4.79 Å². The van der Waals surface area contributed by atoms with Crippen LogP contribution in [0.5, 0.6) is 5.75 Å². The molecule has 2 aliphatic heterocycles. The summed E-state index contributed by atoms with van der Waals surface area (Å²) in [5.41, 5.74) is 8.01. The molecule has 0 aromatic heterocycles. The first-order valence-corrected chi connectivity index (χ1v) is 11.9. The van der Waals surface area contributed by atoms with Crippen molar-refractivity contribution in [1.82, 2.24) is 10.7 Å². The molecule has 7 heteroatoms. The zero-order valence-electron chi connectivity index (χ0n) is 19.4. The molecule has 0 aliphatic carbocycles. The molecule has 0 bridgehead atoms. The Morgan fingerprint density at radius 1 is 1.24 bits per heavy atom. The third kappa shape index (κ3) is 6.05. The zero-order chi connectivity index (χ0) is 23.0. The first kappa shape index (κ1) is 23.1. The molecule has 2 aromatic carbocycles. The van der Waals surface area contributed by atoms with E-state index in [2.05, 4.69) is 36.7 Å². The summed E-state index contributed by atoms with van der Waals surface area (Å²) in [5, 5.41) is 7.55. The van der Waals surface area contributed by atoms with Crippen molar-refractivity contribution in [3.05, 3.63) is 64.7 Å². The van der Waals surface area contributed by atoms with Gasteiger partial charge in [0.15, 0.2) is 0 Å². The summed E-state index contributed by atoms with van der Waals surface area (Å²) in [4.78, 5) is 11.5. The third-order valence-electron chi connectivity index (χ3n) is 5.94. The standard InChI is InChI=1S/C26H33N3O4/c1-3-4-13-31-21-12-11-18(2)22(16-21)25(29-28-24-10-5-6-14-32-24)20-9-7-8-19(15-20)23-17-27-26(30)33-23/h7-9,11-12,15-16,23-24,28H,3-6,10,13-14,17H2,1-2H3,(H,27,30)/b29-25-. The smallest absolute Gasteiger partial charge is 0.407 e. The van der Waals surface area contributed by atoms with Crippen LogP contribution in [-0.2, 0) is 9.47 Å². The highest BCUT2D eigenvalue weighted by Gasteiger charge is 2.25. The van der Waals surface area contributed by atoms with Crippen molar-refractivity contribution in [1.29, 1.82) is 0 Å². The zero-order valence-corrected chi connectivity index (χ0v) is 19.4. The van der Waals surface area contributed by atoms with E-state index in [0.29, 0.717) is 13.2 Å². The van der Waals surface area contributed by atoms with Crippen LogP contribution in [0.25, 0.3) is 0 Å². The summed E-state index contributed by atoms with van der Waals surface area (Å²) in [6.07, 6.45) is 4.45. The van der Waals surface area contributed by atoms with Crippen molar-refractivity contribution in [3.63, 3.8) is 0 Å². The number of carbonyl (C=O) groups excluding carboxylic acids is 1. The minimum atomic E-state index is -0.386. The van der Waals surface area contributed by atoms with Crippen molar-refractivity contribution in [3.8, 4) is 5.75 Å². The lowest BCUT2D eigenvalue weighted by Gasteiger charge is -2.23. The topological polar surface area (TPSA) is 81.2 Å². The van der Waals surface area contributed by atoms with Gasteiger partial charge in [-0.1, -0.05) is 37.6 Å². The molecule has 2 N–H and O–H groups in total. The fraction of sp³-hybridized carbons (Fsp3) is 0.462. The van der Waals surface area contributed by atoms with Gasteiger partial charge in [-0.2, -0.15) is 5.10 Å². The molecule has 0 radical (unpaired) electrons. The molecule has 4 rings (SSSR count). The molecule has 176 valence electrons. The van der Waals surface area contributed by atoms with Crippen LogP contribution in [0.3, 0.4) is 0 Å². The first-order chi connectivity index (χ1) is 16.1. The normalized spacial score (nSPS) is 20.8. The van der Waals surface area contributed by atoms with Crippen LogP contribution in [0, 0.1) is 6.92 Å². The number of benzene rings is 2. The van der Waals surface area contributed by atoms with Crippen molar-refractivity contribution in [2.75, 3.05) is 19.8 Å². The third-order valence-corrected chi connectivity index (χ3v) is 5.94. The van der Waals surface area contributed by atoms with Gasteiger partial charge in [0.1, 0.15) is 18.1 Å². The number of cyclic esters (lactones) is 1. The summed E-state index contributed by atoms with van der Waals surface area (Å²) in [6, 6.07) is 14.1. The van der Waals surface area contributed by atoms with E-state index >= 15 is 0 Å². The molecule has 2 fully saturated rings. The van der Waals surface area contributed by atoms with Gasteiger partial charge in [0.25, 0.3) is 0 Å². The van der Waals surface area contributed by atoms with Crippen LogP contribution in [0.15, 0.2) is 47.6 Å². The number of alkyl carbamates (subject to hydrolysis) is 1. The maximum absolute atomic E-state index is 11.5. The lowest BCUT2D eigenvalue weighted by atomic mass is 9.95. The monoisotopic (exact) mass is 451 g/mol. The number of carbonyl (C=O) groups is 1. The second-order valence-corrected chi connectivity index (χ2v) is 8.52. The van der Waals surface area contributed by atoms with Crippen LogP contribution in [0.4, 0.5) is 4.79 Å². The second kappa shape index (κ2) is 11.2. The lowest BCUT2D eigenvalue weighted by Crippen LogP contribution is -2.32. The van der Waals surface area contributed by atoms with Crippen molar-refractivity contribution in [2.45, 2.75) is 58.3 Å². The molecule has 7 nitrogen and oxygen atoms in total. The van der Waals surface area contributed by atoms with Crippen molar-refractivity contribution < 1.29 is 19.0 Å². The van der Waals surface area contributed by atoms with Crippen molar-refractivity contribution in [2.24, 2.45) is 5.10 Å². The maximum atomic E-state index is 11.5. The molecule has 0 saturated carbocycles. The van der Waals surface area contributed by atoms with Gasteiger partial charge in [-0.25, -0.2) is 4.79 Å². The van der Waals surface area contributed by atoms with Crippen LogP contribution >= 0.6 is 0 Å². The van der Waals surface area contributed by atoms with E-state index in [0.717, 1.165) is 72.4 Å². The Kier molecular flexibility index (Phi) is 7.83. The molecule has 2 unspecified atom stereocenters. The summed E-state index contributed by atoms with van der Waals surface area (Å²) in [6.45, 7) is 6.12. The number of unbranched alkanes of at least 4 members (excludes halogenated alkanes) is 1. The molecule has 2 aromatic rings. The molecule has 33 heavy (non-hydrogen) atoms. The Bertz CT molecular complexity index is 985. The maximum Gasteiger partial charge on any atom is 0.407 e. The Hall–Kier alpha value is -3.06. The van der Waals surface area contributed by atoms with Gasteiger partial charge in [0.2, 0.25) is 0 Å².